The maximum Gasteiger partial charge on any atom is 0.168 e. The monoisotopic (exact) mass is 385 g/mol. The molecular formula is C18H13Cl2N5O. The second-order valence-corrected chi connectivity index (χ2v) is 6.34. The number of rotatable bonds is 4. The summed E-state index contributed by atoms with van der Waals surface area (Å²) in [4.78, 5) is 8.69. The number of aromatic nitrogens is 4. The zero-order valence-corrected chi connectivity index (χ0v) is 15.2. The van der Waals surface area contributed by atoms with E-state index >= 15 is 0 Å². The van der Waals surface area contributed by atoms with Gasteiger partial charge in [0.05, 0.1) is 30.1 Å². The van der Waals surface area contributed by atoms with Crippen molar-refractivity contribution in [2.24, 2.45) is 0 Å². The van der Waals surface area contributed by atoms with Gasteiger partial charge in [0, 0.05) is 10.0 Å². The summed E-state index contributed by atoms with van der Waals surface area (Å²) in [5.74, 6) is 1.26. The minimum absolute atomic E-state index is 0.591. The van der Waals surface area contributed by atoms with Crippen LogP contribution in [0.2, 0.25) is 10.0 Å². The van der Waals surface area contributed by atoms with E-state index in [9.17, 15) is 0 Å². The number of hydrogen-bond donors (Lipinski definition) is 1. The zero-order valence-electron chi connectivity index (χ0n) is 13.6. The maximum absolute atomic E-state index is 6.10. The van der Waals surface area contributed by atoms with Crippen molar-refractivity contribution in [3.05, 3.63) is 65.0 Å². The molecule has 0 spiro atoms. The van der Waals surface area contributed by atoms with Gasteiger partial charge in [-0.25, -0.2) is 14.6 Å². The third-order valence-corrected chi connectivity index (χ3v) is 4.30. The van der Waals surface area contributed by atoms with Crippen LogP contribution >= 0.6 is 23.2 Å². The molecule has 8 heteroatoms. The summed E-state index contributed by atoms with van der Waals surface area (Å²) in [6, 6.07) is 12.7. The first-order chi connectivity index (χ1) is 12.7. The molecule has 2 aromatic carbocycles. The molecule has 0 radical (unpaired) electrons. The van der Waals surface area contributed by atoms with Crippen molar-refractivity contribution >= 4 is 45.7 Å². The molecule has 1 N–H and O–H groups in total. The van der Waals surface area contributed by atoms with E-state index in [0.717, 1.165) is 11.1 Å². The van der Waals surface area contributed by atoms with Crippen LogP contribution in [-0.2, 0) is 0 Å². The fourth-order valence-electron chi connectivity index (χ4n) is 2.65. The third kappa shape index (κ3) is 3.05. The summed E-state index contributed by atoms with van der Waals surface area (Å²) in [7, 11) is 1.60. The average molecular weight is 386 g/mol. The number of nitrogens with zero attached hydrogens (tertiary/aromatic N) is 4. The number of nitrogens with one attached hydrogen (secondary N) is 1. The van der Waals surface area contributed by atoms with Gasteiger partial charge in [0.1, 0.15) is 17.9 Å². The first-order valence-corrected chi connectivity index (χ1v) is 8.46. The van der Waals surface area contributed by atoms with Crippen LogP contribution < -0.4 is 10.1 Å². The summed E-state index contributed by atoms with van der Waals surface area (Å²) in [6.45, 7) is 0. The lowest BCUT2D eigenvalue weighted by Crippen LogP contribution is -2.00. The molecule has 130 valence electrons. The molecule has 0 aliphatic rings. The van der Waals surface area contributed by atoms with Crippen molar-refractivity contribution in [1.82, 2.24) is 19.7 Å². The van der Waals surface area contributed by atoms with E-state index < -0.39 is 0 Å². The van der Waals surface area contributed by atoms with Crippen molar-refractivity contribution < 1.29 is 4.74 Å². The van der Waals surface area contributed by atoms with Gasteiger partial charge < -0.3 is 10.1 Å². The van der Waals surface area contributed by atoms with Gasteiger partial charge in [-0.15, -0.1) is 0 Å². The van der Waals surface area contributed by atoms with Gasteiger partial charge >= 0.3 is 0 Å². The number of benzene rings is 2. The van der Waals surface area contributed by atoms with Crippen molar-refractivity contribution in [1.29, 1.82) is 0 Å². The number of anilines is 2. The highest BCUT2D eigenvalue weighted by Crippen LogP contribution is 2.32. The predicted molar refractivity (Wildman–Crippen MR) is 103 cm³/mol. The number of methoxy groups -OCH3 is 1. The standard InChI is InChI=1S/C18H13Cl2N5O/c1-26-16-6-5-12(20)8-15(16)24-17-14-9-23-25(18(14)22-10-21-17)13-4-2-3-11(19)7-13/h2-10H,1H3,(H,21,22,24). The molecule has 0 unspecified atom stereocenters. The second kappa shape index (κ2) is 6.82. The minimum Gasteiger partial charge on any atom is -0.495 e. The van der Waals surface area contributed by atoms with E-state index in [0.29, 0.717) is 32.9 Å². The summed E-state index contributed by atoms with van der Waals surface area (Å²) in [5.41, 5.74) is 2.18. The van der Waals surface area contributed by atoms with Gasteiger partial charge in [-0.2, -0.15) is 5.10 Å². The van der Waals surface area contributed by atoms with Crippen LogP contribution in [0.15, 0.2) is 55.0 Å². The van der Waals surface area contributed by atoms with Gasteiger partial charge in [0.2, 0.25) is 0 Å². The van der Waals surface area contributed by atoms with Crippen molar-refractivity contribution in [2.45, 2.75) is 0 Å². The normalized spacial score (nSPS) is 10.9. The van der Waals surface area contributed by atoms with Crippen LogP contribution in [0.5, 0.6) is 5.75 Å². The number of hydrogen-bond acceptors (Lipinski definition) is 5. The fraction of sp³-hybridized carbons (Fsp3) is 0.0556. The lowest BCUT2D eigenvalue weighted by Gasteiger charge is -2.11. The Labute approximate surface area is 159 Å². The molecule has 0 fully saturated rings. The molecule has 2 aromatic heterocycles. The molecule has 2 heterocycles. The molecule has 6 nitrogen and oxygen atoms in total. The summed E-state index contributed by atoms with van der Waals surface area (Å²) < 4.78 is 7.08. The molecule has 0 saturated heterocycles. The molecule has 0 amide bonds. The van der Waals surface area contributed by atoms with Crippen molar-refractivity contribution in [3.8, 4) is 11.4 Å². The lowest BCUT2D eigenvalue weighted by molar-refractivity contribution is 0.417. The first kappa shape index (κ1) is 16.6. The summed E-state index contributed by atoms with van der Waals surface area (Å²) in [5, 5.41) is 9.65. The Balaban J connectivity index is 1.80. The fourth-order valence-corrected chi connectivity index (χ4v) is 3.00. The molecular weight excluding hydrogens is 373 g/mol. The van der Waals surface area contributed by atoms with Crippen LogP contribution in [0.3, 0.4) is 0 Å². The van der Waals surface area contributed by atoms with Crippen LogP contribution in [0, 0.1) is 0 Å². The molecule has 4 rings (SSSR count). The number of halogens is 2. The summed E-state index contributed by atoms with van der Waals surface area (Å²) in [6.07, 6.45) is 3.18. The lowest BCUT2D eigenvalue weighted by atomic mass is 10.2. The predicted octanol–water partition coefficient (Wildman–Crippen LogP) is 4.87. The van der Waals surface area contributed by atoms with E-state index in [-0.39, 0.29) is 0 Å². The van der Waals surface area contributed by atoms with Gasteiger partial charge in [0.15, 0.2) is 5.65 Å². The van der Waals surface area contributed by atoms with Crippen molar-refractivity contribution in [3.63, 3.8) is 0 Å². The molecule has 0 saturated carbocycles. The highest BCUT2D eigenvalue weighted by molar-refractivity contribution is 6.31. The van der Waals surface area contributed by atoms with Gasteiger partial charge in [-0.05, 0) is 36.4 Å². The Hall–Kier alpha value is -2.83. The maximum atomic E-state index is 6.10. The van der Waals surface area contributed by atoms with Crippen LogP contribution in [-0.4, -0.2) is 26.9 Å². The quantitative estimate of drug-likeness (QED) is 0.542. The Morgan fingerprint density at radius 2 is 1.88 bits per heavy atom. The smallest absolute Gasteiger partial charge is 0.168 e. The van der Waals surface area contributed by atoms with Gasteiger partial charge in [-0.3, -0.25) is 0 Å². The Morgan fingerprint density at radius 3 is 2.69 bits per heavy atom. The summed E-state index contributed by atoms with van der Waals surface area (Å²) >= 11 is 12.2. The van der Waals surface area contributed by atoms with Crippen LogP contribution in [0.1, 0.15) is 0 Å². The zero-order chi connectivity index (χ0) is 18.1. The average Bonchev–Trinajstić information content (AvgIpc) is 3.07. The molecule has 4 aromatic rings. The molecule has 0 atom stereocenters. The van der Waals surface area contributed by atoms with E-state index in [1.807, 2.05) is 24.3 Å². The Morgan fingerprint density at radius 1 is 1.04 bits per heavy atom. The molecule has 0 bridgehead atoms. The van der Waals surface area contributed by atoms with Gasteiger partial charge in [-0.1, -0.05) is 29.3 Å². The Bertz CT molecular complexity index is 1100. The van der Waals surface area contributed by atoms with E-state index in [1.54, 1.807) is 36.2 Å². The van der Waals surface area contributed by atoms with E-state index in [4.69, 9.17) is 27.9 Å². The first-order valence-electron chi connectivity index (χ1n) is 7.71. The number of fused-ring (bicyclic) bond motifs is 1. The number of ether oxygens (including phenoxy) is 1. The highest BCUT2D eigenvalue weighted by atomic mass is 35.5. The van der Waals surface area contributed by atoms with Crippen molar-refractivity contribution in [2.75, 3.05) is 12.4 Å². The van der Waals surface area contributed by atoms with E-state index in [2.05, 4.69) is 20.4 Å². The second-order valence-electron chi connectivity index (χ2n) is 5.47. The Kier molecular flexibility index (Phi) is 4.36. The molecule has 0 aliphatic carbocycles. The third-order valence-electron chi connectivity index (χ3n) is 3.83. The topological polar surface area (TPSA) is 64.9 Å². The van der Waals surface area contributed by atoms with E-state index in [1.165, 1.54) is 6.33 Å². The highest BCUT2D eigenvalue weighted by Gasteiger charge is 2.13. The molecule has 26 heavy (non-hydrogen) atoms. The molecule has 0 aliphatic heterocycles. The SMILES string of the molecule is COc1ccc(Cl)cc1Nc1ncnc2c1cnn2-c1cccc(Cl)c1. The minimum atomic E-state index is 0.591. The van der Waals surface area contributed by atoms with Crippen LogP contribution in [0.25, 0.3) is 16.7 Å². The largest absolute Gasteiger partial charge is 0.495 e. The van der Waals surface area contributed by atoms with Gasteiger partial charge in [0.25, 0.3) is 0 Å². The van der Waals surface area contributed by atoms with Crippen LogP contribution in [0.4, 0.5) is 11.5 Å².